The highest BCUT2D eigenvalue weighted by Crippen LogP contribution is 2.25. The summed E-state index contributed by atoms with van der Waals surface area (Å²) >= 11 is 0. The minimum atomic E-state index is 0.702. The first kappa shape index (κ1) is 11.6. The zero-order valence-corrected chi connectivity index (χ0v) is 10.9. The molecule has 94 valence electrons. The molecule has 0 amide bonds. The number of hydrogen-bond donors (Lipinski definition) is 1. The third kappa shape index (κ3) is 2.12. The lowest BCUT2D eigenvalue weighted by Crippen LogP contribution is -1.99. The first-order chi connectivity index (χ1) is 9.28. The van der Waals surface area contributed by atoms with E-state index in [0.29, 0.717) is 5.82 Å². The highest BCUT2D eigenvalue weighted by Gasteiger charge is 2.08. The zero-order chi connectivity index (χ0) is 13.2. The van der Waals surface area contributed by atoms with Crippen LogP contribution in [0.3, 0.4) is 0 Å². The number of nitrogens with one attached hydrogen (secondary N) is 1. The average molecular weight is 250 g/mol. The Hall–Kier alpha value is -2.49. The molecule has 0 aliphatic heterocycles. The first-order valence-electron chi connectivity index (χ1n) is 6.14. The van der Waals surface area contributed by atoms with Crippen LogP contribution in [0.5, 0.6) is 0 Å². The number of anilines is 1. The molecule has 2 aromatic heterocycles. The van der Waals surface area contributed by atoms with E-state index in [4.69, 9.17) is 0 Å². The Labute approximate surface area is 111 Å². The Morgan fingerprint density at radius 1 is 1.05 bits per heavy atom. The molecule has 3 aromatic rings. The van der Waals surface area contributed by atoms with Gasteiger partial charge >= 0.3 is 0 Å². The van der Waals surface area contributed by atoms with E-state index in [1.54, 1.807) is 0 Å². The molecule has 0 aliphatic rings. The summed E-state index contributed by atoms with van der Waals surface area (Å²) in [6.45, 7) is 1.96. The molecule has 0 saturated carbocycles. The molecule has 19 heavy (non-hydrogen) atoms. The second kappa shape index (κ2) is 4.65. The molecule has 4 nitrogen and oxygen atoms in total. The Morgan fingerprint density at radius 3 is 2.74 bits per heavy atom. The SMILES string of the molecule is CNc1cc(C)nc(-c2cncc3ccccc23)n1. The summed E-state index contributed by atoms with van der Waals surface area (Å²) in [6, 6.07) is 10.0. The van der Waals surface area contributed by atoms with Gasteiger partial charge in [0.25, 0.3) is 0 Å². The number of rotatable bonds is 2. The third-order valence-corrected chi connectivity index (χ3v) is 3.02. The first-order valence-corrected chi connectivity index (χ1v) is 6.14. The van der Waals surface area contributed by atoms with Gasteiger partial charge in [-0.2, -0.15) is 0 Å². The van der Waals surface area contributed by atoms with Gasteiger partial charge in [0, 0.05) is 42.2 Å². The minimum absolute atomic E-state index is 0.702. The second-order valence-corrected chi connectivity index (χ2v) is 4.38. The molecule has 4 heteroatoms. The molecule has 0 atom stereocenters. The zero-order valence-electron chi connectivity index (χ0n) is 10.9. The summed E-state index contributed by atoms with van der Waals surface area (Å²) in [5, 5.41) is 5.26. The Morgan fingerprint density at radius 2 is 1.89 bits per heavy atom. The van der Waals surface area contributed by atoms with Crippen molar-refractivity contribution in [3.63, 3.8) is 0 Å². The van der Waals surface area contributed by atoms with Crippen molar-refractivity contribution in [2.75, 3.05) is 12.4 Å². The van der Waals surface area contributed by atoms with Crippen LogP contribution in [0.4, 0.5) is 5.82 Å². The molecule has 0 fully saturated rings. The maximum absolute atomic E-state index is 4.51. The van der Waals surface area contributed by atoms with Crippen molar-refractivity contribution in [3.8, 4) is 11.4 Å². The van der Waals surface area contributed by atoms with Gasteiger partial charge in [-0.05, 0) is 12.3 Å². The van der Waals surface area contributed by atoms with Gasteiger partial charge in [0.15, 0.2) is 5.82 Å². The molecule has 0 saturated heterocycles. The van der Waals surface area contributed by atoms with Gasteiger partial charge in [0.05, 0.1) is 0 Å². The van der Waals surface area contributed by atoms with E-state index >= 15 is 0 Å². The summed E-state index contributed by atoms with van der Waals surface area (Å²) in [5.74, 6) is 1.52. The third-order valence-electron chi connectivity index (χ3n) is 3.02. The summed E-state index contributed by atoms with van der Waals surface area (Å²) in [6.07, 6.45) is 3.67. The van der Waals surface area contributed by atoms with E-state index in [-0.39, 0.29) is 0 Å². The normalized spacial score (nSPS) is 10.6. The van der Waals surface area contributed by atoms with Crippen molar-refractivity contribution >= 4 is 16.6 Å². The standard InChI is InChI=1S/C15H14N4/c1-10-7-14(16-2)19-15(18-10)13-9-17-8-11-5-3-4-6-12(11)13/h3-9H,1-2H3,(H,16,18,19). The van der Waals surface area contributed by atoms with Crippen LogP contribution in [0.25, 0.3) is 22.2 Å². The molecule has 2 heterocycles. The van der Waals surface area contributed by atoms with Crippen LogP contribution in [-0.2, 0) is 0 Å². The lowest BCUT2D eigenvalue weighted by molar-refractivity contribution is 1.11. The Balaban J connectivity index is 2.27. The molecule has 0 bridgehead atoms. The van der Waals surface area contributed by atoms with Gasteiger partial charge in [-0.25, -0.2) is 9.97 Å². The van der Waals surface area contributed by atoms with Crippen LogP contribution >= 0.6 is 0 Å². The average Bonchev–Trinajstić information content (AvgIpc) is 2.46. The number of aryl methyl sites for hydroxylation is 1. The Kier molecular flexibility index (Phi) is 2.83. The lowest BCUT2D eigenvalue weighted by Gasteiger charge is -2.07. The van der Waals surface area contributed by atoms with Gasteiger partial charge in [-0.15, -0.1) is 0 Å². The smallest absolute Gasteiger partial charge is 0.163 e. The van der Waals surface area contributed by atoms with E-state index in [2.05, 4.69) is 26.3 Å². The molecule has 3 rings (SSSR count). The molecule has 1 N–H and O–H groups in total. The van der Waals surface area contributed by atoms with Gasteiger partial charge in [-0.3, -0.25) is 4.98 Å². The van der Waals surface area contributed by atoms with Crippen LogP contribution < -0.4 is 5.32 Å². The van der Waals surface area contributed by atoms with Crippen LogP contribution in [0.2, 0.25) is 0 Å². The maximum atomic E-state index is 4.51. The predicted octanol–water partition coefficient (Wildman–Crippen LogP) is 3.04. The number of pyridine rings is 1. The minimum Gasteiger partial charge on any atom is -0.373 e. The number of fused-ring (bicyclic) bond motifs is 1. The largest absolute Gasteiger partial charge is 0.373 e. The number of benzene rings is 1. The highest BCUT2D eigenvalue weighted by molar-refractivity contribution is 5.94. The Bertz CT molecular complexity index is 732. The van der Waals surface area contributed by atoms with Crippen molar-refractivity contribution in [2.24, 2.45) is 0 Å². The van der Waals surface area contributed by atoms with Crippen LogP contribution in [0.15, 0.2) is 42.7 Å². The lowest BCUT2D eigenvalue weighted by atomic mass is 10.1. The molecule has 0 unspecified atom stereocenters. The van der Waals surface area contributed by atoms with Gasteiger partial charge in [0.1, 0.15) is 5.82 Å². The molecular formula is C15H14N4. The fourth-order valence-electron chi connectivity index (χ4n) is 2.11. The van der Waals surface area contributed by atoms with Crippen molar-refractivity contribution in [1.29, 1.82) is 0 Å². The molecular weight excluding hydrogens is 236 g/mol. The number of hydrogen-bond acceptors (Lipinski definition) is 4. The van der Waals surface area contributed by atoms with Gasteiger partial charge < -0.3 is 5.32 Å². The predicted molar refractivity (Wildman–Crippen MR) is 77.1 cm³/mol. The van der Waals surface area contributed by atoms with Gasteiger partial charge in [-0.1, -0.05) is 24.3 Å². The summed E-state index contributed by atoms with van der Waals surface area (Å²) in [5.41, 5.74) is 1.89. The topological polar surface area (TPSA) is 50.7 Å². The molecule has 1 aromatic carbocycles. The van der Waals surface area contributed by atoms with E-state index in [1.807, 2.05) is 50.6 Å². The van der Waals surface area contributed by atoms with Crippen molar-refractivity contribution in [1.82, 2.24) is 15.0 Å². The number of aromatic nitrogens is 3. The van der Waals surface area contributed by atoms with Crippen LogP contribution in [0, 0.1) is 6.92 Å². The highest BCUT2D eigenvalue weighted by atomic mass is 15.0. The second-order valence-electron chi connectivity index (χ2n) is 4.38. The maximum Gasteiger partial charge on any atom is 0.163 e. The van der Waals surface area contributed by atoms with E-state index in [1.165, 1.54) is 0 Å². The quantitative estimate of drug-likeness (QED) is 0.759. The summed E-state index contributed by atoms with van der Waals surface area (Å²) < 4.78 is 0. The molecule has 0 radical (unpaired) electrons. The van der Waals surface area contributed by atoms with Crippen molar-refractivity contribution in [2.45, 2.75) is 6.92 Å². The van der Waals surface area contributed by atoms with Gasteiger partial charge in [0.2, 0.25) is 0 Å². The van der Waals surface area contributed by atoms with E-state index < -0.39 is 0 Å². The number of nitrogens with zero attached hydrogens (tertiary/aromatic N) is 3. The fourth-order valence-corrected chi connectivity index (χ4v) is 2.11. The fraction of sp³-hybridized carbons (Fsp3) is 0.133. The monoisotopic (exact) mass is 250 g/mol. The summed E-state index contributed by atoms with van der Waals surface area (Å²) in [7, 11) is 1.85. The molecule has 0 aliphatic carbocycles. The van der Waals surface area contributed by atoms with Crippen molar-refractivity contribution < 1.29 is 0 Å². The van der Waals surface area contributed by atoms with E-state index in [0.717, 1.165) is 27.8 Å². The van der Waals surface area contributed by atoms with Crippen LogP contribution in [0.1, 0.15) is 5.69 Å². The molecule has 0 spiro atoms. The summed E-state index contributed by atoms with van der Waals surface area (Å²) in [4.78, 5) is 13.3. The van der Waals surface area contributed by atoms with Crippen molar-refractivity contribution in [3.05, 3.63) is 48.4 Å². The van der Waals surface area contributed by atoms with Crippen LogP contribution in [-0.4, -0.2) is 22.0 Å². The van der Waals surface area contributed by atoms with E-state index in [9.17, 15) is 0 Å².